The van der Waals surface area contributed by atoms with E-state index in [1.165, 1.54) is 11.0 Å². The molecule has 1 aliphatic rings. The number of nitrogens with one attached hydrogen (secondary N) is 4. The predicted molar refractivity (Wildman–Crippen MR) is 143 cm³/mol. The van der Waals surface area contributed by atoms with Gasteiger partial charge in [0, 0.05) is 16.8 Å². The molecule has 10 nitrogen and oxygen atoms in total. The van der Waals surface area contributed by atoms with E-state index in [9.17, 15) is 22.8 Å². The Labute approximate surface area is 227 Å². The molecule has 0 fully saturated rings. The van der Waals surface area contributed by atoms with Crippen molar-refractivity contribution in [3.8, 4) is 0 Å². The highest BCUT2D eigenvalue weighted by Gasteiger charge is 2.39. The van der Waals surface area contributed by atoms with Crippen LogP contribution in [-0.2, 0) is 15.8 Å². The fraction of sp³-hybridized carbons (Fsp3) is 0.148. The van der Waals surface area contributed by atoms with E-state index in [-0.39, 0.29) is 22.5 Å². The number of anilines is 2. The monoisotopic (exact) mass is 550 g/mol. The lowest BCUT2D eigenvalue weighted by Gasteiger charge is -2.20. The number of aryl methyl sites for hydroxylation is 2. The van der Waals surface area contributed by atoms with Gasteiger partial charge in [-0.2, -0.15) is 18.7 Å². The van der Waals surface area contributed by atoms with Gasteiger partial charge in [-0.05, 0) is 49.2 Å². The van der Waals surface area contributed by atoms with Crippen molar-refractivity contribution in [2.45, 2.75) is 20.0 Å². The molecule has 0 radical (unpaired) electrons. The van der Waals surface area contributed by atoms with Crippen molar-refractivity contribution in [2.75, 3.05) is 11.4 Å². The third-order valence-electron chi connectivity index (χ3n) is 6.05. The van der Waals surface area contributed by atoms with E-state index < -0.39 is 36.1 Å². The quantitative estimate of drug-likeness (QED) is 0.0955. The van der Waals surface area contributed by atoms with Crippen molar-refractivity contribution < 1.29 is 22.8 Å². The third-order valence-corrected chi connectivity index (χ3v) is 6.05. The lowest BCUT2D eigenvalue weighted by atomic mass is 9.99. The molecule has 40 heavy (non-hydrogen) atoms. The van der Waals surface area contributed by atoms with Crippen molar-refractivity contribution >= 4 is 40.4 Å². The smallest absolute Gasteiger partial charge is 0.368 e. The van der Waals surface area contributed by atoms with Gasteiger partial charge in [-0.15, -0.1) is 0 Å². The number of nitrogens with two attached hydrogens (primary N) is 1. The number of hydrazine groups is 1. The van der Waals surface area contributed by atoms with Gasteiger partial charge in [0.1, 0.15) is 6.54 Å². The minimum absolute atomic E-state index is 0.0305. The van der Waals surface area contributed by atoms with Gasteiger partial charge < -0.3 is 5.73 Å². The Kier molecular flexibility index (Phi) is 7.57. The van der Waals surface area contributed by atoms with Crippen LogP contribution in [0, 0.1) is 24.8 Å². The fourth-order valence-electron chi connectivity index (χ4n) is 4.38. The van der Waals surface area contributed by atoms with Crippen molar-refractivity contribution in [3.63, 3.8) is 0 Å². The molecule has 0 saturated carbocycles. The number of rotatable bonds is 7. The Morgan fingerprint density at radius 1 is 1.02 bits per heavy atom. The van der Waals surface area contributed by atoms with Gasteiger partial charge >= 0.3 is 6.18 Å². The maximum Gasteiger partial charge on any atom is 0.416 e. The number of hydrogen-bond donors (Lipinski definition) is 5. The van der Waals surface area contributed by atoms with Gasteiger partial charge in [-0.25, -0.2) is 5.01 Å². The van der Waals surface area contributed by atoms with E-state index in [1.807, 2.05) is 19.9 Å². The first kappa shape index (κ1) is 27.8. The number of carbonyl (C=O) groups excluding carboxylic acids is 2. The molecular formula is C27H25F3N8O2. The second-order valence-electron chi connectivity index (χ2n) is 9.05. The normalized spacial score (nSPS) is 13.9. The standard InChI is InChI=1S/C27H25F3N8O2/c1-15-10-16(2)12-19(11-15)38-21-13-18(27(28,29)30)8-9-20(21)23(25(38)40)24(17-6-4-3-5-7-17)35-34-22(39)14-37(36-33)26(31)32/h3-13,33,35H,14H2,1-2H3,(H3,31,32)(H,34,39)/b24-23-,36-33?. The number of carbonyl (C=O) groups is 2. The van der Waals surface area contributed by atoms with E-state index in [4.69, 9.17) is 16.7 Å². The second-order valence-corrected chi connectivity index (χ2v) is 9.05. The molecule has 6 N–H and O–H groups in total. The van der Waals surface area contributed by atoms with Crippen molar-refractivity contribution in [1.29, 1.82) is 10.9 Å². The number of alkyl halides is 3. The summed E-state index contributed by atoms with van der Waals surface area (Å²) in [6.07, 6.45) is -4.64. The molecule has 206 valence electrons. The summed E-state index contributed by atoms with van der Waals surface area (Å²) >= 11 is 0. The summed E-state index contributed by atoms with van der Waals surface area (Å²) < 4.78 is 41.1. The number of fused-ring (bicyclic) bond motifs is 1. The number of benzene rings is 3. The molecule has 0 spiro atoms. The first-order valence-corrected chi connectivity index (χ1v) is 11.9. The minimum atomic E-state index is -4.64. The van der Waals surface area contributed by atoms with Crippen LogP contribution in [0.1, 0.15) is 27.8 Å². The summed E-state index contributed by atoms with van der Waals surface area (Å²) in [6.45, 7) is 3.07. The predicted octanol–water partition coefficient (Wildman–Crippen LogP) is 4.63. The Bertz CT molecular complexity index is 1520. The summed E-state index contributed by atoms with van der Waals surface area (Å²) in [5.74, 6) is -1.98. The van der Waals surface area contributed by atoms with Crippen molar-refractivity contribution in [2.24, 2.45) is 11.0 Å². The van der Waals surface area contributed by atoms with Crippen LogP contribution < -0.4 is 21.5 Å². The lowest BCUT2D eigenvalue weighted by Crippen LogP contribution is -2.45. The molecule has 0 aromatic heterocycles. The summed E-state index contributed by atoms with van der Waals surface area (Å²) in [6, 6.07) is 16.8. The first-order valence-electron chi connectivity index (χ1n) is 11.9. The molecule has 0 bridgehead atoms. The highest BCUT2D eigenvalue weighted by Crippen LogP contribution is 2.46. The molecule has 3 aromatic rings. The number of amides is 2. The SMILES string of the molecule is Cc1cc(C)cc(N2C(=O)/C(=C(\NNC(=O)CN(N=N)C(=N)N)c3ccccc3)c3ccc(C(F)(F)F)cc32)c1. The van der Waals surface area contributed by atoms with Crippen LogP contribution in [-0.4, -0.2) is 29.3 Å². The Hall–Kier alpha value is -5.20. The van der Waals surface area contributed by atoms with E-state index in [1.54, 1.807) is 42.5 Å². The number of hydrogen-bond acceptors (Lipinski definition) is 6. The molecule has 2 amide bonds. The van der Waals surface area contributed by atoms with Crippen LogP contribution in [0.5, 0.6) is 0 Å². The van der Waals surface area contributed by atoms with Crippen LogP contribution in [0.3, 0.4) is 0 Å². The van der Waals surface area contributed by atoms with E-state index in [0.29, 0.717) is 16.3 Å². The van der Waals surface area contributed by atoms with Gasteiger partial charge in [0.25, 0.3) is 11.8 Å². The molecule has 0 unspecified atom stereocenters. The van der Waals surface area contributed by atoms with Crippen molar-refractivity contribution in [3.05, 3.63) is 94.5 Å². The summed E-state index contributed by atoms with van der Waals surface area (Å²) in [7, 11) is 0. The maximum absolute atomic E-state index is 14.1. The van der Waals surface area contributed by atoms with Gasteiger partial charge in [0.15, 0.2) is 0 Å². The van der Waals surface area contributed by atoms with Gasteiger partial charge in [0.05, 0.1) is 22.5 Å². The van der Waals surface area contributed by atoms with Gasteiger partial charge in [0.2, 0.25) is 5.96 Å². The molecule has 3 aromatic carbocycles. The summed E-state index contributed by atoms with van der Waals surface area (Å²) in [4.78, 5) is 27.8. The summed E-state index contributed by atoms with van der Waals surface area (Å²) in [5, 5.41) is 11.0. The van der Waals surface area contributed by atoms with E-state index in [0.717, 1.165) is 23.3 Å². The maximum atomic E-state index is 14.1. The molecule has 1 aliphatic heterocycles. The van der Waals surface area contributed by atoms with Crippen LogP contribution in [0.4, 0.5) is 24.5 Å². The summed E-state index contributed by atoms with van der Waals surface area (Å²) in [5.41, 5.74) is 19.5. The largest absolute Gasteiger partial charge is 0.416 e. The minimum Gasteiger partial charge on any atom is -0.368 e. The zero-order chi connectivity index (χ0) is 29.2. The second kappa shape index (κ2) is 10.9. The zero-order valence-electron chi connectivity index (χ0n) is 21.4. The molecule has 4 rings (SSSR count). The fourth-order valence-corrected chi connectivity index (χ4v) is 4.38. The van der Waals surface area contributed by atoms with Crippen LogP contribution in [0.25, 0.3) is 11.3 Å². The molecule has 0 saturated heterocycles. The Morgan fingerprint density at radius 2 is 1.68 bits per heavy atom. The number of halogens is 3. The Morgan fingerprint density at radius 3 is 2.25 bits per heavy atom. The molecule has 13 heteroatoms. The van der Waals surface area contributed by atoms with Gasteiger partial charge in [-0.3, -0.25) is 30.7 Å². The van der Waals surface area contributed by atoms with Crippen LogP contribution >= 0.6 is 0 Å². The highest BCUT2D eigenvalue weighted by atomic mass is 19.4. The van der Waals surface area contributed by atoms with Crippen LogP contribution in [0.15, 0.2) is 72.0 Å². The number of guanidine groups is 1. The van der Waals surface area contributed by atoms with E-state index in [2.05, 4.69) is 16.1 Å². The zero-order valence-corrected chi connectivity index (χ0v) is 21.4. The van der Waals surface area contributed by atoms with E-state index >= 15 is 0 Å². The molecule has 1 heterocycles. The van der Waals surface area contributed by atoms with Crippen molar-refractivity contribution in [1.82, 2.24) is 15.9 Å². The van der Waals surface area contributed by atoms with Crippen LogP contribution in [0.2, 0.25) is 0 Å². The average Bonchev–Trinajstić information content (AvgIpc) is 3.18. The third kappa shape index (κ3) is 5.62. The molecule has 0 aliphatic carbocycles. The lowest BCUT2D eigenvalue weighted by molar-refractivity contribution is -0.137. The topological polar surface area (TPSA) is 151 Å². The Balaban J connectivity index is 1.88. The number of nitrogens with zero attached hydrogens (tertiary/aromatic N) is 3. The first-order chi connectivity index (χ1) is 18.9. The average molecular weight is 551 g/mol. The molecule has 0 atom stereocenters. The highest BCUT2D eigenvalue weighted by molar-refractivity contribution is 6.39. The molecular weight excluding hydrogens is 525 g/mol. The van der Waals surface area contributed by atoms with Gasteiger partial charge in [-0.1, -0.05) is 47.7 Å².